The summed E-state index contributed by atoms with van der Waals surface area (Å²) < 4.78 is 25.3. The molecular weight excluding hydrogens is 398 g/mol. The SMILES string of the molecule is CS(=O)(=O)N1CCC(SC(c2ccccc2)(c2ccccc2)c2ccccc2)C1. The summed E-state index contributed by atoms with van der Waals surface area (Å²) in [4.78, 5) is 0. The number of hydrogen-bond acceptors (Lipinski definition) is 3. The van der Waals surface area contributed by atoms with E-state index in [2.05, 4.69) is 72.8 Å². The number of hydrogen-bond donors (Lipinski definition) is 0. The van der Waals surface area contributed by atoms with Crippen molar-refractivity contribution in [3.63, 3.8) is 0 Å². The van der Waals surface area contributed by atoms with Gasteiger partial charge in [-0.1, -0.05) is 91.0 Å². The Hall–Kier alpha value is -2.08. The fourth-order valence-corrected chi connectivity index (χ4v) is 6.84. The Morgan fingerprint density at radius 1 is 0.793 bits per heavy atom. The molecule has 1 heterocycles. The molecule has 4 rings (SSSR count). The van der Waals surface area contributed by atoms with Gasteiger partial charge in [-0.2, -0.15) is 0 Å². The van der Waals surface area contributed by atoms with E-state index in [0.29, 0.717) is 13.1 Å². The van der Waals surface area contributed by atoms with Gasteiger partial charge >= 0.3 is 0 Å². The third kappa shape index (κ3) is 4.13. The van der Waals surface area contributed by atoms with Crippen LogP contribution in [0.2, 0.25) is 0 Å². The molecule has 1 atom stereocenters. The molecule has 3 aromatic rings. The second-order valence-electron chi connectivity index (χ2n) is 7.43. The van der Waals surface area contributed by atoms with Gasteiger partial charge < -0.3 is 0 Å². The summed E-state index contributed by atoms with van der Waals surface area (Å²) in [5.41, 5.74) is 3.63. The van der Waals surface area contributed by atoms with Crippen molar-refractivity contribution >= 4 is 21.8 Å². The predicted molar refractivity (Wildman–Crippen MR) is 122 cm³/mol. The van der Waals surface area contributed by atoms with Gasteiger partial charge in [-0.15, -0.1) is 11.8 Å². The normalized spacial score (nSPS) is 18.0. The molecule has 1 aliphatic rings. The fraction of sp³-hybridized carbons (Fsp3) is 0.250. The Labute approximate surface area is 177 Å². The number of rotatable bonds is 6. The third-order valence-electron chi connectivity index (χ3n) is 5.46. The van der Waals surface area contributed by atoms with E-state index in [0.717, 1.165) is 6.42 Å². The zero-order valence-electron chi connectivity index (χ0n) is 16.4. The van der Waals surface area contributed by atoms with Crippen LogP contribution in [0.25, 0.3) is 0 Å². The van der Waals surface area contributed by atoms with Crippen LogP contribution in [0.5, 0.6) is 0 Å². The van der Waals surface area contributed by atoms with Crippen molar-refractivity contribution in [1.82, 2.24) is 4.31 Å². The van der Waals surface area contributed by atoms with Crippen molar-refractivity contribution < 1.29 is 8.42 Å². The molecule has 29 heavy (non-hydrogen) atoms. The lowest BCUT2D eigenvalue weighted by Gasteiger charge is -2.37. The average molecular weight is 424 g/mol. The van der Waals surface area contributed by atoms with Crippen LogP contribution in [0.4, 0.5) is 0 Å². The van der Waals surface area contributed by atoms with Crippen LogP contribution in [-0.4, -0.2) is 37.3 Å². The summed E-state index contributed by atoms with van der Waals surface area (Å²) in [5, 5.41) is 0.213. The van der Waals surface area contributed by atoms with E-state index >= 15 is 0 Å². The van der Waals surface area contributed by atoms with Gasteiger partial charge in [0.25, 0.3) is 0 Å². The van der Waals surface area contributed by atoms with Gasteiger partial charge in [0.2, 0.25) is 10.0 Å². The lowest BCUT2D eigenvalue weighted by molar-refractivity contribution is 0.484. The number of sulfonamides is 1. The molecule has 0 N–H and O–H groups in total. The molecule has 1 unspecified atom stereocenters. The van der Waals surface area contributed by atoms with Crippen LogP contribution in [0.3, 0.4) is 0 Å². The standard InChI is InChI=1S/C24H25NO2S2/c1-29(26,27)25-18-17-23(19-25)28-24(20-11-5-2-6-12-20,21-13-7-3-8-14-21)22-15-9-4-10-16-22/h2-16,23H,17-19H2,1H3. The Morgan fingerprint density at radius 3 is 1.55 bits per heavy atom. The third-order valence-corrected chi connectivity index (χ3v) is 8.51. The molecule has 1 saturated heterocycles. The molecular formula is C24H25NO2S2. The van der Waals surface area contributed by atoms with Gasteiger partial charge in [0.1, 0.15) is 0 Å². The summed E-state index contributed by atoms with van der Waals surface area (Å²) >= 11 is 1.87. The zero-order chi connectivity index (χ0) is 20.3. The molecule has 0 spiro atoms. The molecule has 5 heteroatoms. The Balaban J connectivity index is 1.85. The van der Waals surface area contributed by atoms with Crippen LogP contribution in [0.15, 0.2) is 91.0 Å². The van der Waals surface area contributed by atoms with Crippen LogP contribution in [0.1, 0.15) is 23.1 Å². The topological polar surface area (TPSA) is 37.4 Å². The Bertz CT molecular complexity index is 941. The van der Waals surface area contributed by atoms with Gasteiger partial charge in [-0.05, 0) is 23.1 Å². The van der Waals surface area contributed by atoms with Crippen LogP contribution >= 0.6 is 11.8 Å². The minimum Gasteiger partial charge on any atom is -0.213 e. The van der Waals surface area contributed by atoms with Crippen molar-refractivity contribution in [2.75, 3.05) is 19.3 Å². The van der Waals surface area contributed by atoms with E-state index in [1.54, 1.807) is 4.31 Å². The molecule has 0 saturated carbocycles. The molecule has 0 aromatic heterocycles. The van der Waals surface area contributed by atoms with E-state index in [4.69, 9.17) is 0 Å². The van der Waals surface area contributed by atoms with Crippen molar-refractivity contribution in [2.45, 2.75) is 16.4 Å². The molecule has 0 aliphatic carbocycles. The maximum absolute atomic E-state index is 12.1. The minimum absolute atomic E-state index is 0.213. The van der Waals surface area contributed by atoms with Gasteiger partial charge in [-0.25, -0.2) is 12.7 Å². The molecule has 3 nitrogen and oxygen atoms in total. The molecule has 3 aromatic carbocycles. The first kappa shape index (κ1) is 20.2. The highest BCUT2D eigenvalue weighted by Crippen LogP contribution is 2.51. The largest absolute Gasteiger partial charge is 0.213 e. The second-order valence-corrected chi connectivity index (χ2v) is 10.9. The van der Waals surface area contributed by atoms with Crippen molar-refractivity contribution in [3.8, 4) is 0 Å². The molecule has 1 aliphatic heterocycles. The minimum atomic E-state index is -3.16. The van der Waals surface area contributed by atoms with Gasteiger partial charge in [0.05, 0.1) is 11.0 Å². The van der Waals surface area contributed by atoms with E-state index in [9.17, 15) is 8.42 Å². The van der Waals surface area contributed by atoms with Crippen molar-refractivity contribution in [1.29, 1.82) is 0 Å². The summed E-state index contributed by atoms with van der Waals surface area (Å²) in [7, 11) is -3.16. The summed E-state index contributed by atoms with van der Waals surface area (Å²) in [5.74, 6) is 0. The highest BCUT2D eigenvalue weighted by molar-refractivity contribution is 8.01. The summed E-state index contributed by atoms with van der Waals surface area (Å²) in [6.45, 7) is 1.14. The second kappa shape index (κ2) is 8.34. The van der Waals surface area contributed by atoms with E-state index in [1.165, 1.54) is 22.9 Å². The zero-order valence-corrected chi connectivity index (χ0v) is 18.1. The number of benzene rings is 3. The van der Waals surface area contributed by atoms with Crippen molar-refractivity contribution in [3.05, 3.63) is 108 Å². The van der Waals surface area contributed by atoms with Crippen LogP contribution in [0, 0.1) is 0 Å². The van der Waals surface area contributed by atoms with E-state index in [1.807, 2.05) is 30.0 Å². The lowest BCUT2D eigenvalue weighted by Crippen LogP contribution is -2.31. The molecule has 1 fully saturated rings. The maximum atomic E-state index is 12.1. The van der Waals surface area contributed by atoms with E-state index < -0.39 is 14.8 Å². The highest BCUT2D eigenvalue weighted by atomic mass is 32.2. The smallest absolute Gasteiger partial charge is 0.211 e. The first-order valence-electron chi connectivity index (χ1n) is 9.79. The molecule has 0 amide bonds. The first-order chi connectivity index (χ1) is 14.0. The van der Waals surface area contributed by atoms with Gasteiger partial charge in [0.15, 0.2) is 0 Å². The number of thioether (sulfide) groups is 1. The average Bonchev–Trinajstić information content (AvgIpc) is 3.23. The maximum Gasteiger partial charge on any atom is 0.211 e. The molecule has 150 valence electrons. The Morgan fingerprint density at radius 2 is 1.21 bits per heavy atom. The Kier molecular flexibility index (Phi) is 5.81. The number of nitrogens with zero attached hydrogens (tertiary/aromatic N) is 1. The quantitative estimate of drug-likeness (QED) is 0.537. The summed E-state index contributed by atoms with van der Waals surface area (Å²) in [6.07, 6.45) is 2.16. The predicted octanol–water partition coefficient (Wildman–Crippen LogP) is 4.75. The van der Waals surface area contributed by atoms with Crippen LogP contribution < -0.4 is 0 Å². The first-order valence-corrected chi connectivity index (χ1v) is 12.5. The summed E-state index contributed by atoms with van der Waals surface area (Å²) in [6, 6.07) is 31.6. The van der Waals surface area contributed by atoms with Crippen molar-refractivity contribution in [2.24, 2.45) is 0 Å². The lowest BCUT2D eigenvalue weighted by atomic mass is 9.84. The van der Waals surface area contributed by atoms with Crippen LogP contribution in [-0.2, 0) is 14.8 Å². The van der Waals surface area contributed by atoms with Gasteiger partial charge in [0, 0.05) is 18.3 Å². The van der Waals surface area contributed by atoms with Gasteiger partial charge in [-0.3, -0.25) is 0 Å². The monoisotopic (exact) mass is 423 g/mol. The highest BCUT2D eigenvalue weighted by Gasteiger charge is 2.41. The fourth-order valence-electron chi connectivity index (χ4n) is 4.07. The van der Waals surface area contributed by atoms with E-state index in [-0.39, 0.29) is 5.25 Å². The molecule has 0 bridgehead atoms. The molecule has 0 radical (unpaired) electrons.